The Kier molecular flexibility index (Phi) is 14.4. The molecular formula is C21H35N5O3Ru+2. The number of pyridine rings is 2. The summed E-state index contributed by atoms with van der Waals surface area (Å²) < 4.78 is 10.3. The summed E-state index contributed by atoms with van der Waals surface area (Å²) in [6.45, 7) is 7.19. The van der Waals surface area contributed by atoms with Gasteiger partial charge in [0.15, 0.2) is 0 Å². The van der Waals surface area contributed by atoms with Gasteiger partial charge < -0.3 is 29.6 Å². The average molecular weight is 507 g/mol. The first kappa shape index (κ1) is 28.4. The van der Waals surface area contributed by atoms with E-state index in [-0.39, 0.29) is 25.0 Å². The Morgan fingerprint density at radius 1 is 0.667 bits per heavy atom. The van der Waals surface area contributed by atoms with Gasteiger partial charge in [0.1, 0.15) is 11.5 Å². The molecule has 0 amide bonds. The quantitative estimate of drug-likeness (QED) is 0.577. The van der Waals surface area contributed by atoms with E-state index in [1.54, 1.807) is 38.7 Å². The number of nitrogens with zero attached hydrogens (tertiary/aromatic N) is 5. The second kappa shape index (κ2) is 15.2. The number of hydrogen-bond acceptors (Lipinski definition) is 7. The van der Waals surface area contributed by atoms with Crippen LogP contribution in [0.1, 0.15) is 0 Å². The van der Waals surface area contributed by atoms with Crippen molar-refractivity contribution in [3.8, 4) is 22.9 Å². The van der Waals surface area contributed by atoms with Crippen LogP contribution in [0.5, 0.6) is 11.5 Å². The fourth-order valence-electron chi connectivity index (χ4n) is 2.72. The molecule has 2 N–H and O–H groups in total. The molecule has 1 aliphatic heterocycles. The molecule has 0 spiro atoms. The van der Waals surface area contributed by atoms with Crippen molar-refractivity contribution >= 4 is 0 Å². The first-order chi connectivity index (χ1) is 13.5. The van der Waals surface area contributed by atoms with Crippen molar-refractivity contribution < 1.29 is 34.4 Å². The van der Waals surface area contributed by atoms with E-state index >= 15 is 0 Å². The SMILES string of the molecule is CN1CCN(C)CCN(C)CC1.COc1ccnc(-c2cc(OC)ccn2)c1.O.[Ru+2]. The fraction of sp³-hybridized carbons (Fsp3) is 0.524. The van der Waals surface area contributed by atoms with Crippen LogP contribution in [0.2, 0.25) is 0 Å². The maximum Gasteiger partial charge on any atom is 2.00 e. The first-order valence-corrected chi connectivity index (χ1v) is 9.58. The summed E-state index contributed by atoms with van der Waals surface area (Å²) in [6, 6.07) is 7.26. The van der Waals surface area contributed by atoms with Gasteiger partial charge in [-0.15, -0.1) is 0 Å². The summed E-state index contributed by atoms with van der Waals surface area (Å²) in [5.41, 5.74) is 1.52. The van der Waals surface area contributed by atoms with Crippen molar-refractivity contribution in [1.29, 1.82) is 0 Å². The number of rotatable bonds is 3. The molecule has 0 aliphatic carbocycles. The summed E-state index contributed by atoms with van der Waals surface area (Å²) in [6.07, 6.45) is 3.38. The van der Waals surface area contributed by atoms with Gasteiger partial charge in [0.05, 0.1) is 25.6 Å². The monoisotopic (exact) mass is 507 g/mol. The Morgan fingerprint density at radius 3 is 1.23 bits per heavy atom. The normalized spacial score (nSPS) is 15.8. The van der Waals surface area contributed by atoms with Crippen molar-refractivity contribution in [2.24, 2.45) is 0 Å². The van der Waals surface area contributed by atoms with E-state index in [9.17, 15) is 0 Å². The van der Waals surface area contributed by atoms with Gasteiger partial charge in [-0.3, -0.25) is 9.97 Å². The number of ether oxygens (including phenoxy) is 2. The van der Waals surface area contributed by atoms with Crippen LogP contribution in [0, 0.1) is 0 Å². The second-order valence-corrected chi connectivity index (χ2v) is 7.07. The van der Waals surface area contributed by atoms with Crippen molar-refractivity contribution in [2.45, 2.75) is 0 Å². The molecule has 0 saturated carbocycles. The van der Waals surface area contributed by atoms with Crippen LogP contribution in [0.4, 0.5) is 0 Å². The number of likely N-dealkylation sites (N-methyl/N-ethyl adjacent to an activating group) is 3. The molecule has 0 atom stereocenters. The smallest absolute Gasteiger partial charge is 0.497 e. The zero-order valence-corrected chi connectivity index (χ0v) is 20.4. The van der Waals surface area contributed by atoms with Crippen LogP contribution in [0.15, 0.2) is 36.7 Å². The van der Waals surface area contributed by atoms with Gasteiger partial charge in [0, 0.05) is 63.8 Å². The van der Waals surface area contributed by atoms with E-state index in [1.807, 2.05) is 12.1 Å². The summed E-state index contributed by atoms with van der Waals surface area (Å²) in [7, 11) is 9.85. The molecule has 0 radical (unpaired) electrons. The van der Waals surface area contributed by atoms with E-state index in [0.717, 1.165) is 22.9 Å². The van der Waals surface area contributed by atoms with E-state index in [4.69, 9.17) is 9.47 Å². The third kappa shape index (κ3) is 9.91. The van der Waals surface area contributed by atoms with Gasteiger partial charge in [0.25, 0.3) is 0 Å². The van der Waals surface area contributed by atoms with E-state index in [0.29, 0.717) is 0 Å². The minimum Gasteiger partial charge on any atom is -0.497 e. The molecule has 0 unspecified atom stereocenters. The van der Waals surface area contributed by atoms with E-state index < -0.39 is 0 Å². The topological polar surface area (TPSA) is 85.5 Å². The standard InChI is InChI=1S/C12H12N2O2.C9H21N3.H2O.Ru/c1-15-9-3-5-13-11(7-9)12-8-10(16-2)4-6-14-12;1-10-4-6-11(2)8-9-12(3)7-5-10;;/h3-8H,1-2H3;4-9H2,1-3H3;1H2;/q;;;+2. The van der Waals surface area contributed by atoms with Crippen LogP contribution < -0.4 is 9.47 Å². The van der Waals surface area contributed by atoms with Crippen LogP contribution in [0.3, 0.4) is 0 Å². The molecule has 2 aromatic rings. The predicted molar refractivity (Wildman–Crippen MR) is 117 cm³/mol. The molecule has 1 aliphatic rings. The molecule has 0 bridgehead atoms. The fourth-order valence-corrected chi connectivity index (χ4v) is 2.72. The van der Waals surface area contributed by atoms with Crippen LogP contribution in [-0.2, 0) is 19.5 Å². The molecule has 2 aromatic heterocycles. The van der Waals surface area contributed by atoms with Gasteiger partial charge in [-0.2, -0.15) is 0 Å². The second-order valence-electron chi connectivity index (χ2n) is 7.07. The minimum absolute atomic E-state index is 0. The molecule has 3 heterocycles. The van der Waals surface area contributed by atoms with Crippen molar-refractivity contribution in [3.05, 3.63) is 36.7 Å². The zero-order valence-electron chi connectivity index (χ0n) is 18.6. The van der Waals surface area contributed by atoms with Crippen molar-refractivity contribution in [3.63, 3.8) is 0 Å². The van der Waals surface area contributed by atoms with Gasteiger partial charge in [-0.1, -0.05) is 0 Å². The predicted octanol–water partition coefficient (Wildman–Crippen LogP) is 1.13. The van der Waals surface area contributed by atoms with Crippen LogP contribution in [-0.4, -0.2) is 105 Å². The van der Waals surface area contributed by atoms with Gasteiger partial charge in [-0.05, 0) is 33.3 Å². The first-order valence-electron chi connectivity index (χ1n) is 9.58. The summed E-state index contributed by atoms with van der Waals surface area (Å²) in [5, 5.41) is 0. The molecule has 1 saturated heterocycles. The van der Waals surface area contributed by atoms with Gasteiger partial charge in [0.2, 0.25) is 0 Å². The van der Waals surface area contributed by atoms with Gasteiger partial charge >= 0.3 is 19.5 Å². The molecule has 30 heavy (non-hydrogen) atoms. The number of methoxy groups -OCH3 is 2. The zero-order chi connectivity index (χ0) is 20.4. The van der Waals surface area contributed by atoms with Crippen LogP contribution in [0.25, 0.3) is 11.4 Å². The maximum absolute atomic E-state index is 5.13. The number of aromatic nitrogens is 2. The van der Waals surface area contributed by atoms with E-state index in [1.165, 1.54) is 39.3 Å². The van der Waals surface area contributed by atoms with Crippen molar-refractivity contribution in [2.75, 3.05) is 74.6 Å². The maximum atomic E-state index is 5.13. The number of hydrogen-bond donors (Lipinski definition) is 0. The summed E-state index contributed by atoms with van der Waals surface area (Å²) >= 11 is 0. The third-order valence-electron chi connectivity index (χ3n) is 4.79. The molecule has 0 aromatic carbocycles. The largest absolute Gasteiger partial charge is 2.00 e. The summed E-state index contributed by atoms with van der Waals surface area (Å²) in [5.74, 6) is 1.52. The van der Waals surface area contributed by atoms with Gasteiger partial charge in [-0.25, -0.2) is 0 Å². The Balaban J connectivity index is 0.000000545. The van der Waals surface area contributed by atoms with Crippen molar-refractivity contribution in [1.82, 2.24) is 24.7 Å². The third-order valence-corrected chi connectivity index (χ3v) is 4.79. The van der Waals surface area contributed by atoms with Crippen LogP contribution >= 0.6 is 0 Å². The average Bonchev–Trinajstić information content (AvgIpc) is 2.81. The molecule has 1 fully saturated rings. The minimum atomic E-state index is 0. The Hall–Kier alpha value is -1.64. The molecule has 9 heteroatoms. The molecular weight excluding hydrogens is 471 g/mol. The molecule has 3 rings (SSSR count). The summed E-state index contributed by atoms with van der Waals surface area (Å²) in [4.78, 5) is 15.7. The molecule has 8 nitrogen and oxygen atoms in total. The molecule has 168 valence electrons. The van der Waals surface area contributed by atoms with E-state index in [2.05, 4.69) is 45.8 Å². The Bertz CT molecular complexity index is 641. The Labute approximate surface area is 193 Å². The Morgan fingerprint density at radius 2 is 0.967 bits per heavy atom.